The molecule has 3 heteroatoms. The smallest absolute Gasteiger partial charge is 0.212 e. The summed E-state index contributed by atoms with van der Waals surface area (Å²) >= 11 is 0. The molecule has 0 saturated carbocycles. The molecule has 0 N–H and O–H groups in total. The van der Waals surface area contributed by atoms with Gasteiger partial charge >= 0.3 is 0 Å². The SMILES string of the molecule is CC(C)CN1C(CCc2ccccc2)=NOC1(C)Cc1ccccc1. The van der Waals surface area contributed by atoms with Gasteiger partial charge in [-0.2, -0.15) is 0 Å². The molecule has 3 nitrogen and oxygen atoms in total. The summed E-state index contributed by atoms with van der Waals surface area (Å²) in [7, 11) is 0. The van der Waals surface area contributed by atoms with Crippen LogP contribution in [0.3, 0.4) is 0 Å². The van der Waals surface area contributed by atoms with Crippen LogP contribution < -0.4 is 0 Å². The van der Waals surface area contributed by atoms with Crippen molar-refractivity contribution in [2.45, 2.75) is 45.8 Å². The molecule has 0 aromatic heterocycles. The maximum Gasteiger partial charge on any atom is 0.212 e. The van der Waals surface area contributed by atoms with Gasteiger partial charge in [0.15, 0.2) is 0 Å². The van der Waals surface area contributed by atoms with E-state index >= 15 is 0 Å². The van der Waals surface area contributed by atoms with Crippen molar-refractivity contribution in [3.8, 4) is 0 Å². The van der Waals surface area contributed by atoms with E-state index in [1.807, 2.05) is 0 Å². The van der Waals surface area contributed by atoms with Crippen molar-refractivity contribution in [2.75, 3.05) is 6.54 Å². The minimum absolute atomic E-state index is 0.405. The number of oxime groups is 1. The highest BCUT2D eigenvalue weighted by Crippen LogP contribution is 2.30. The topological polar surface area (TPSA) is 24.8 Å². The van der Waals surface area contributed by atoms with E-state index in [1.165, 1.54) is 11.1 Å². The van der Waals surface area contributed by atoms with Gasteiger partial charge in [-0.25, -0.2) is 0 Å². The Labute approximate surface area is 151 Å². The Morgan fingerprint density at radius 1 is 0.920 bits per heavy atom. The van der Waals surface area contributed by atoms with Crippen LogP contribution in [0.15, 0.2) is 65.8 Å². The molecule has 132 valence electrons. The first-order valence-corrected chi connectivity index (χ1v) is 9.17. The molecule has 0 bridgehead atoms. The first-order chi connectivity index (χ1) is 12.1. The summed E-state index contributed by atoms with van der Waals surface area (Å²) in [6.45, 7) is 7.60. The van der Waals surface area contributed by atoms with Gasteiger partial charge in [0.1, 0.15) is 5.84 Å². The van der Waals surface area contributed by atoms with Crippen molar-refractivity contribution in [1.29, 1.82) is 0 Å². The van der Waals surface area contributed by atoms with Crippen molar-refractivity contribution in [1.82, 2.24) is 4.90 Å². The van der Waals surface area contributed by atoms with Gasteiger partial charge < -0.3 is 9.74 Å². The zero-order valence-corrected chi connectivity index (χ0v) is 15.5. The van der Waals surface area contributed by atoms with Crippen LogP contribution in [0.1, 0.15) is 38.3 Å². The van der Waals surface area contributed by atoms with Crippen molar-refractivity contribution >= 4 is 5.84 Å². The Kier molecular flexibility index (Phi) is 5.42. The maximum absolute atomic E-state index is 5.97. The van der Waals surface area contributed by atoms with Gasteiger partial charge in [0.25, 0.3) is 0 Å². The van der Waals surface area contributed by atoms with Gasteiger partial charge in [0, 0.05) is 19.4 Å². The number of hydrogen-bond donors (Lipinski definition) is 0. The summed E-state index contributed by atoms with van der Waals surface area (Å²) in [6.07, 6.45) is 2.72. The standard InChI is InChI=1S/C22H28N2O/c1-18(2)17-24-21(15-14-19-10-6-4-7-11-19)23-25-22(24,3)16-20-12-8-5-9-13-20/h4-13,18H,14-17H2,1-3H3. The number of benzene rings is 2. The molecule has 0 aliphatic carbocycles. The highest BCUT2D eigenvalue weighted by atomic mass is 16.7. The summed E-state index contributed by atoms with van der Waals surface area (Å²) < 4.78 is 0. The van der Waals surface area contributed by atoms with Crippen molar-refractivity contribution < 1.29 is 4.84 Å². The van der Waals surface area contributed by atoms with Gasteiger partial charge in [-0.1, -0.05) is 79.7 Å². The second kappa shape index (κ2) is 7.73. The fourth-order valence-corrected chi connectivity index (χ4v) is 3.37. The van der Waals surface area contributed by atoms with Crippen LogP contribution in [0.25, 0.3) is 0 Å². The van der Waals surface area contributed by atoms with Crippen LogP contribution in [-0.2, 0) is 17.7 Å². The van der Waals surface area contributed by atoms with Crippen LogP contribution in [0.5, 0.6) is 0 Å². The maximum atomic E-state index is 5.97. The third kappa shape index (κ3) is 4.41. The Morgan fingerprint density at radius 3 is 2.12 bits per heavy atom. The molecule has 1 heterocycles. The van der Waals surface area contributed by atoms with E-state index in [9.17, 15) is 0 Å². The van der Waals surface area contributed by atoms with E-state index in [1.54, 1.807) is 0 Å². The molecule has 0 spiro atoms. The quantitative estimate of drug-likeness (QED) is 0.720. The molecule has 1 aliphatic heterocycles. The highest BCUT2D eigenvalue weighted by Gasteiger charge is 2.41. The molecule has 3 rings (SSSR count). The molecule has 0 fully saturated rings. The lowest BCUT2D eigenvalue weighted by molar-refractivity contribution is -0.0862. The van der Waals surface area contributed by atoms with Crippen molar-refractivity contribution in [3.63, 3.8) is 0 Å². The fraction of sp³-hybridized carbons (Fsp3) is 0.409. The van der Waals surface area contributed by atoms with E-state index in [-0.39, 0.29) is 0 Å². The van der Waals surface area contributed by atoms with Gasteiger partial charge in [-0.3, -0.25) is 0 Å². The predicted molar refractivity (Wildman–Crippen MR) is 103 cm³/mol. The van der Waals surface area contributed by atoms with E-state index in [0.717, 1.165) is 31.6 Å². The van der Waals surface area contributed by atoms with Gasteiger partial charge in [0.2, 0.25) is 5.72 Å². The Hall–Kier alpha value is -2.29. The molecule has 25 heavy (non-hydrogen) atoms. The first-order valence-electron chi connectivity index (χ1n) is 9.17. The lowest BCUT2D eigenvalue weighted by Gasteiger charge is -2.36. The number of aryl methyl sites for hydroxylation is 1. The van der Waals surface area contributed by atoms with E-state index in [4.69, 9.17) is 4.84 Å². The molecular formula is C22H28N2O. The number of nitrogens with zero attached hydrogens (tertiary/aromatic N) is 2. The predicted octanol–water partition coefficient (Wildman–Crippen LogP) is 4.88. The van der Waals surface area contributed by atoms with E-state index < -0.39 is 5.72 Å². The minimum atomic E-state index is -0.405. The minimum Gasteiger partial charge on any atom is -0.365 e. The first kappa shape index (κ1) is 17.5. The average molecular weight is 336 g/mol. The summed E-state index contributed by atoms with van der Waals surface area (Å²) in [5.41, 5.74) is 2.21. The highest BCUT2D eigenvalue weighted by molar-refractivity contribution is 5.83. The Morgan fingerprint density at radius 2 is 1.52 bits per heavy atom. The molecule has 0 radical (unpaired) electrons. The molecule has 1 atom stereocenters. The Bertz CT molecular complexity index is 696. The van der Waals surface area contributed by atoms with Crippen LogP contribution in [0.2, 0.25) is 0 Å². The van der Waals surface area contributed by atoms with Crippen LogP contribution in [-0.4, -0.2) is 23.0 Å². The van der Waals surface area contributed by atoms with Crippen LogP contribution >= 0.6 is 0 Å². The number of amidine groups is 1. The second-order valence-electron chi connectivity index (χ2n) is 7.43. The van der Waals surface area contributed by atoms with E-state index in [0.29, 0.717) is 5.92 Å². The van der Waals surface area contributed by atoms with Crippen LogP contribution in [0.4, 0.5) is 0 Å². The monoisotopic (exact) mass is 336 g/mol. The zero-order valence-electron chi connectivity index (χ0n) is 15.5. The van der Waals surface area contributed by atoms with Crippen LogP contribution in [0, 0.1) is 5.92 Å². The zero-order chi connectivity index (χ0) is 17.7. The molecule has 2 aromatic rings. The molecular weight excluding hydrogens is 308 g/mol. The summed E-state index contributed by atoms with van der Waals surface area (Å²) in [6, 6.07) is 21.1. The normalized spacial score (nSPS) is 19.8. The molecule has 2 aromatic carbocycles. The fourth-order valence-electron chi connectivity index (χ4n) is 3.37. The van der Waals surface area contributed by atoms with E-state index in [2.05, 4.69) is 91.5 Å². The Balaban J connectivity index is 1.72. The third-order valence-electron chi connectivity index (χ3n) is 4.63. The second-order valence-corrected chi connectivity index (χ2v) is 7.43. The van der Waals surface area contributed by atoms with Gasteiger partial charge in [0.05, 0.1) is 0 Å². The average Bonchev–Trinajstić information content (AvgIpc) is 2.90. The molecule has 1 aliphatic rings. The molecule has 0 amide bonds. The number of hydrogen-bond acceptors (Lipinski definition) is 3. The van der Waals surface area contributed by atoms with Gasteiger partial charge in [-0.15, -0.1) is 0 Å². The van der Waals surface area contributed by atoms with Gasteiger partial charge in [-0.05, 0) is 30.4 Å². The molecule has 1 unspecified atom stereocenters. The number of rotatable bonds is 7. The lowest BCUT2D eigenvalue weighted by atomic mass is 10.00. The third-order valence-corrected chi connectivity index (χ3v) is 4.63. The largest absolute Gasteiger partial charge is 0.365 e. The summed E-state index contributed by atoms with van der Waals surface area (Å²) in [5.74, 6) is 1.62. The summed E-state index contributed by atoms with van der Waals surface area (Å²) in [4.78, 5) is 8.34. The van der Waals surface area contributed by atoms with Crippen molar-refractivity contribution in [2.24, 2.45) is 11.1 Å². The molecule has 0 saturated heterocycles. The summed E-state index contributed by atoms with van der Waals surface area (Å²) in [5, 5.41) is 4.48. The van der Waals surface area contributed by atoms with Crippen molar-refractivity contribution in [3.05, 3.63) is 71.8 Å². The lowest BCUT2D eigenvalue weighted by Crippen LogP contribution is -2.49.